The Morgan fingerprint density at radius 1 is 1.29 bits per heavy atom. The Morgan fingerprint density at radius 2 is 1.96 bits per heavy atom. The van der Waals surface area contributed by atoms with Crippen LogP contribution in [0.5, 0.6) is 0 Å². The van der Waals surface area contributed by atoms with Crippen LogP contribution in [0, 0.1) is 5.82 Å². The van der Waals surface area contributed by atoms with Gasteiger partial charge >= 0.3 is 0 Å². The van der Waals surface area contributed by atoms with Gasteiger partial charge in [-0.15, -0.1) is 0 Å². The first-order valence-electron chi connectivity index (χ1n) is 10.4. The second-order valence-electron chi connectivity index (χ2n) is 7.59. The molecule has 1 amide bonds. The van der Waals surface area contributed by atoms with Crippen molar-refractivity contribution in [3.05, 3.63) is 35.6 Å². The van der Waals surface area contributed by atoms with Crippen molar-refractivity contribution in [2.24, 2.45) is 0 Å². The topological polar surface area (TPSA) is 42.0 Å². The van der Waals surface area contributed by atoms with E-state index in [1.165, 1.54) is 12.1 Å². The summed E-state index contributed by atoms with van der Waals surface area (Å²) in [7, 11) is 3.80. The largest absolute Gasteiger partial charge is 0.383 e. The average Bonchev–Trinajstić information content (AvgIpc) is 2.71. The van der Waals surface area contributed by atoms with Gasteiger partial charge in [0.15, 0.2) is 0 Å². The third-order valence-corrected chi connectivity index (χ3v) is 5.36. The zero-order valence-electron chi connectivity index (χ0n) is 17.5. The number of hydrogen-bond acceptors (Lipinski definition) is 4. The van der Waals surface area contributed by atoms with Gasteiger partial charge in [0, 0.05) is 26.7 Å². The second kappa shape index (κ2) is 12.1. The number of likely N-dealkylation sites (N-methyl/N-ethyl adjacent to an activating group) is 1. The van der Waals surface area contributed by atoms with Crippen molar-refractivity contribution in [2.45, 2.75) is 57.8 Å². The molecule has 0 aromatic heterocycles. The van der Waals surface area contributed by atoms with Crippen LogP contribution in [0.4, 0.5) is 4.39 Å². The summed E-state index contributed by atoms with van der Waals surface area (Å²) in [6.07, 6.45) is 5.62. The molecular formula is C22H35FN2O3. The monoisotopic (exact) mass is 394 g/mol. The number of likely N-dealkylation sites (tertiary alicyclic amines) is 1. The van der Waals surface area contributed by atoms with Crippen LogP contribution in [-0.4, -0.2) is 68.4 Å². The molecule has 1 aromatic carbocycles. The minimum absolute atomic E-state index is 0.0987. The van der Waals surface area contributed by atoms with Crippen LogP contribution < -0.4 is 0 Å². The SMILES string of the molecule is CCCCC(OC1CCN(C(=O)Cc2ccc(F)cc2)CC1)N(C)CCOC. The second-order valence-corrected chi connectivity index (χ2v) is 7.59. The van der Waals surface area contributed by atoms with Crippen molar-refractivity contribution in [1.29, 1.82) is 0 Å². The summed E-state index contributed by atoms with van der Waals surface area (Å²) in [5.41, 5.74) is 0.851. The first kappa shape index (κ1) is 22.8. The van der Waals surface area contributed by atoms with Crippen molar-refractivity contribution in [3.8, 4) is 0 Å². The van der Waals surface area contributed by atoms with Gasteiger partial charge in [-0.25, -0.2) is 4.39 Å². The molecule has 1 aliphatic rings. The van der Waals surface area contributed by atoms with Gasteiger partial charge in [-0.2, -0.15) is 0 Å². The van der Waals surface area contributed by atoms with E-state index in [-0.39, 0.29) is 24.1 Å². The van der Waals surface area contributed by atoms with Crippen LogP contribution in [0.3, 0.4) is 0 Å². The molecule has 1 unspecified atom stereocenters. The molecule has 5 nitrogen and oxygen atoms in total. The van der Waals surface area contributed by atoms with Crippen LogP contribution >= 0.6 is 0 Å². The lowest BCUT2D eigenvalue weighted by Gasteiger charge is -2.36. The lowest BCUT2D eigenvalue weighted by molar-refractivity contribution is -0.138. The summed E-state index contributed by atoms with van der Waals surface area (Å²) in [4.78, 5) is 16.6. The summed E-state index contributed by atoms with van der Waals surface area (Å²) in [6, 6.07) is 6.16. The average molecular weight is 395 g/mol. The summed E-state index contributed by atoms with van der Waals surface area (Å²) < 4.78 is 24.6. The van der Waals surface area contributed by atoms with Crippen LogP contribution in [0.15, 0.2) is 24.3 Å². The third kappa shape index (κ3) is 7.49. The number of carbonyl (C=O) groups excluding carboxylic acids is 1. The van der Waals surface area contributed by atoms with E-state index in [0.717, 1.165) is 44.2 Å². The first-order chi connectivity index (χ1) is 13.5. The fraction of sp³-hybridized carbons (Fsp3) is 0.682. The highest BCUT2D eigenvalue weighted by molar-refractivity contribution is 5.78. The number of piperidine rings is 1. The molecule has 1 aromatic rings. The number of carbonyl (C=O) groups is 1. The van der Waals surface area contributed by atoms with E-state index in [2.05, 4.69) is 18.9 Å². The van der Waals surface area contributed by atoms with Crippen molar-refractivity contribution in [3.63, 3.8) is 0 Å². The fourth-order valence-corrected chi connectivity index (χ4v) is 3.50. The number of ether oxygens (including phenoxy) is 2. The van der Waals surface area contributed by atoms with Crippen LogP contribution in [0.2, 0.25) is 0 Å². The Labute approximate surface area is 168 Å². The Morgan fingerprint density at radius 3 is 2.57 bits per heavy atom. The Hall–Kier alpha value is -1.50. The fourth-order valence-electron chi connectivity index (χ4n) is 3.50. The number of methoxy groups -OCH3 is 1. The maximum Gasteiger partial charge on any atom is 0.226 e. The van der Waals surface area contributed by atoms with E-state index >= 15 is 0 Å². The van der Waals surface area contributed by atoms with Gasteiger partial charge in [-0.1, -0.05) is 25.5 Å². The lowest BCUT2D eigenvalue weighted by Crippen LogP contribution is -2.45. The highest BCUT2D eigenvalue weighted by Gasteiger charge is 2.26. The molecule has 1 atom stereocenters. The molecule has 1 aliphatic heterocycles. The lowest BCUT2D eigenvalue weighted by atomic mass is 10.1. The molecule has 28 heavy (non-hydrogen) atoms. The first-order valence-corrected chi connectivity index (χ1v) is 10.4. The predicted molar refractivity (Wildman–Crippen MR) is 109 cm³/mol. The summed E-state index contributed by atoms with van der Waals surface area (Å²) in [5.74, 6) is -0.174. The Balaban J connectivity index is 1.80. The van der Waals surface area contributed by atoms with Crippen molar-refractivity contribution >= 4 is 5.91 Å². The van der Waals surface area contributed by atoms with Gasteiger partial charge < -0.3 is 14.4 Å². The normalized spacial score (nSPS) is 16.5. The van der Waals surface area contributed by atoms with Gasteiger partial charge in [0.05, 0.1) is 19.1 Å². The number of unbranched alkanes of at least 4 members (excludes halogenated alkanes) is 1. The van der Waals surface area contributed by atoms with Crippen molar-refractivity contribution in [2.75, 3.05) is 40.4 Å². The quantitative estimate of drug-likeness (QED) is 0.539. The van der Waals surface area contributed by atoms with Gasteiger partial charge in [-0.3, -0.25) is 9.69 Å². The predicted octanol–water partition coefficient (Wildman–Crippen LogP) is 3.47. The molecule has 1 fully saturated rings. The van der Waals surface area contributed by atoms with Crippen LogP contribution in [0.1, 0.15) is 44.6 Å². The molecule has 1 saturated heterocycles. The van der Waals surface area contributed by atoms with E-state index in [9.17, 15) is 9.18 Å². The van der Waals surface area contributed by atoms with Gasteiger partial charge in [0.2, 0.25) is 5.91 Å². The number of benzene rings is 1. The van der Waals surface area contributed by atoms with E-state index in [1.54, 1.807) is 19.2 Å². The molecule has 2 rings (SSSR count). The number of rotatable bonds is 11. The highest BCUT2D eigenvalue weighted by Crippen LogP contribution is 2.20. The minimum Gasteiger partial charge on any atom is -0.383 e. The van der Waals surface area contributed by atoms with Crippen LogP contribution in [-0.2, 0) is 20.7 Å². The zero-order valence-corrected chi connectivity index (χ0v) is 17.5. The van der Waals surface area contributed by atoms with E-state index in [0.29, 0.717) is 26.1 Å². The summed E-state index contributed by atoms with van der Waals surface area (Å²) in [5, 5.41) is 0. The van der Waals surface area contributed by atoms with E-state index in [4.69, 9.17) is 9.47 Å². The van der Waals surface area contributed by atoms with Gasteiger partial charge in [0.25, 0.3) is 0 Å². The molecule has 0 saturated carbocycles. The Bertz CT molecular complexity index is 574. The molecule has 0 radical (unpaired) electrons. The maximum atomic E-state index is 13.0. The molecule has 158 valence electrons. The van der Waals surface area contributed by atoms with Crippen molar-refractivity contribution < 1.29 is 18.7 Å². The van der Waals surface area contributed by atoms with Crippen molar-refractivity contribution in [1.82, 2.24) is 9.80 Å². The highest BCUT2D eigenvalue weighted by atomic mass is 19.1. The minimum atomic E-state index is -0.276. The molecule has 1 heterocycles. The van der Waals surface area contributed by atoms with Gasteiger partial charge in [-0.05, 0) is 50.4 Å². The number of amides is 1. The van der Waals surface area contributed by atoms with Gasteiger partial charge in [0.1, 0.15) is 12.0 Å². The zero-order chi connectivity index (χ0) is 20.4. The standard InChI is InChI=1S/C22H35FN2O3/c1-4-5-6-22(24(2)15-16-27-3)28-20-11-13-25(14-12-20)21(26)17-18-7-9-19(23)10-8-18/h7-10,20,22H,4-6,11-17H2,1-3H3. The maximum absolute atomic E-state index is 13.0. The molecule has 0 bridgehead atoms. The van der Waals surface area contributed by atoms with E-state index in [1.807, 2.05) is 4.90 Å². The molecular weight excluding hydrogens is 359 g/mol. The third-order valence-electron chi connectivity index (χ3n) is 5.36. The van der Waals surface area contributed by atoms with Crippen LogP contribution in [0.25, 0.3) is 0 Å². The number of hydrogen-bond donors (Lipinski definition) is 0. The molecule has 6 heteroatoms. The number of halogens is 1. The molecule has 0 N–H and O–H groups in total. The molecule has 0 aliphatic carbocycles. The smallest absolute Gasteiger partial charge is 0.226 e. The Kier molecular flexibility index (Phi) is 9.88. The summed E-state index contributed by atoms with van der Waals surface area (Å²) in [6.45, 7) is 5.16. The van der Waals surface area contributed by atoms with E-state index < -0.39 is 0 Å². The molecule has 0 spiro atoms. The summed E-state index contributed by atoms with van der Waals surface area (Å²) >= 11 is 0. The number of nitrogens with zero attached hydrogens (tertiary/aromatic N) is 2.